The van der Waals surface area contributed by atoms with E-state index in [-0.39, 0.29) is 35.1 Å². The van der Waals surface area contributed by atoms with Crippen molar-refractivity contribution in [1.82, 2.24) is 10.0 Å². The van der Waals surface area contributed by atoms with Crippen LogP contribution in [-0.4, -0.2) is 26.4 Å². The van der Waals surface area contributed by atoms with Gasteiger partial charge in [0, 0.05) is 17.6 Å². The number of sulfonamides is 1. The first kappa shape index (κ1) is 20.1. The Morgan fingerprint density at radius 3 is 2.23 bits per heavy atom. The predicted molar refractivity (Wildman–Crippen MR) is 99.0 cm³/mol. The fourth-order valence-electron chi connectivity index (χ4n) is 2.30. The van der Waals surface area contributed by atoms with E-state index >= 15 is 0 Å². The minimum atomic E-state index is -3.73. The van der Waals surface area contributed by atoms with Gasteiger partial charge in [0.25, 0.3) is 5.91 Å². The summed E-state index contributed by atoms with van der Waals surface area (Å²) in [5.74, 6) is -0.630. The molecule has 2 aromatic rings. The van der Waals surface area contributed by atoms with Crippen LogP contribution < -0.4 is 10.0 Å². The van der Waals surface area contributed by atoms with Crippen molar-refractivity contribution in [2.45, 2.75) is 37.6 Å². The molecule has 0 aliphatic carbocycles. The lowest BCUT2D eigenvalue weighted by Gasteiger charge is -2.20. The molecule has 0 heterocycles. The molecule has 0 saturated carbocycles. The second kappa shape index (κ2) is 7.97. The Morgan fingerprint density at radius 1 is 1.04 bits per heavy atom. The molecule has 0 atom stereocenters. The lowest BCUT2D eigenvalue weighted by atomic mass is 10.1. The number of amides is 1. The van der Waals surface area contributed by atoms with Crippen LogP contribution in [-0.2, 0) is 16.4 Å². The number of nitrogens with one attached hydrogen (secondary N) is 2. The molecule has 7 heteroatoms. The summed E-state index contributed by atoms with van der Waals surface area (Å²) < 4.78 is 40.6. The van der Waals surface area contributed by atoms with Gasteiger partial charge in [0.1, 0.15) is 5.82 Å². The van der Waals surface area contributed by atoms with Gasteiger partial charge >= 0.3 is 0 Å². The summed E-state index contributed by atoms with van der Waals surface area (Å²) in [6.45, 7) is 5.67. The molecule has 0 aliphatic heterocycles. The number of benzene rings is 2. The molecular formula is C19H23FN2O3S. The predicted octanol–water partition coefficient (Wildman–Crippen LogP) is 2.88. The van der Waals surface area contributed by atoms with Gasteiger partial charge in [-0.05, 0) is 63.1 Å². The third kappa shape index (κ3) is 5.64. The van der Waals surface area contributed by atoms with Crippen LogP contribution in [0.3, 0.4) is 0 Å². The van der Waals surface area contributed by atoms with Crippen molar-refractivity contribution in [2.75, 3.05) is 6.54 Å². The first-order valence-corrected chi connectivity index (χ1v) is 9.72. The standard InChI is InChI=1S/C19H23FN2O3S/c1-19(2,3)22-18(23)15-8-10-16(11-9-15)26(24,25)21-13-12-14-6-4-5-7-17(14)20/h4-11,21H,12-13H2,1-3H3,(H,22,23). The molecule has 0 saturated heterocycles. The van der Waals surface area contributed by atoms with Gasteiger partial charge in [-0.25, -0.2) is 17.5 Å². The lowest BCUT2D eigenvalue weighted by Crippen LogP contribution is -2.40. The van der Waals surface area contributed by atoms with Crippen LogP contribution in [0.25, 0.3) is 0 Å². The molecule has 2 aromatic carbocycles. The molecule has 5 nitrogen and oxygen atoms in total. The van der Waals surface area contributed by atoms with Crippen molar-refractivity contribution in [3.05, 3.63) is 65.5 Å². The Kier molecular flexibility index (Phi) is 6.15. The van der Waals surface area contributed by atoms with Crippen molar-refractivity contribution < 1.29 is 17.6 Å². The third-order valence-electron chi connectivity index (χ3n) is 3.56. The highest BCUT2D eigenvalue weighted by atomic mass is 32.2. The molecule has 140 valence electrons. The number of carbonyl (C=O) groups excluding carboxylic acids is 1. The maximum Gasteiger partial charge on any atom is 0.251 e. The number of halogens is 1. The first-order chi connectivity index (χ1) is 12.1. The molecule has 0 spiro atoms. The summed E-state index contributed by atoms with van der Waals surface area (Å²) in [4.78, 5) is 12.1. The van der Waals surface area contributed by atoms with Crippen LogP contribution in [0.15, 0.2) is 53.4 Å². The maximum atomic E-state index is 13.6. The Bertz CT molecular complexity index is 872. The van der Waals surface area contributed by atoms with Crippen molar-refractivity contribution in [2.24, 2.45) is 0 Å². The maximum absolute atomic E-state index is 13.6. The minimum absolute atomic E-state index is 0.0540. The van der Waals surface area contributed by atoms with Crippen LogP contribution >= 0.6 is 0 Å². The van der Waals surface area contributed by atoms with Gasteiger partial charge < -0.3 is 5.32 Å². The highest BCUT2D eigenvalue weighted by molar-refractivity contribution is 7.89. The molecule has 2 N–H and O–H groups in total. The zero-order valence-electron chi connectivity index (χ0n) is 15.0. The summed E-state index contributed by atoms with van der Waals surface area (Å²) in [5, 5.41) is 2.81. The van der Waals surface area contributed by atoms with E-state index in [1.807, 2.05) is 20.8 Å². The Morgan fingerprint density at radius 2 is 1.65 bits per heavy atom. The molecule has 2 rings (SSSR count). The van der Waals surface area contributed by atoms with Crippen LogP contribution in [0.5, 0.6) is 0 Å². The number of rotatable bonds is 6. The van der Waals surface area contributed by atoms with E-state index in [0.717, 1.165) is 0 Å². The van der Waals surface area contributed by atoms with Crippen molar-refractivity contribution in [1.29, 1.82) is 0 Å². The van der Waals surface area contributed by atoms with E-state index in [4.69, 9.17) is 0 Å². The lowest BCUT2D eigenvalue weighted by molar-refractivity contribution is 0.0919. The number of hydrogen-bond acceptors (Lipinski definition) is 3. The van der Waals surface area contributed by atoms with E-state index in [2.05, 4.69) is 10.0 Å². The molecule has 26 heavy (non-hydrogen) atoms. The van der Waals surface area contributed by atoms with E-state index < -0.39 is 10.0 Å². The second-order valence-corrected chi connectivity index (χ2v) is 8.73. The van der Waals surface area contributed by atoms with Gasteiger partial charge in [-0.15, -0.1) is 0 Å². The topological polar surface area (TPSA) is 75.3 Å². The summed E-state index contributed by atoms with van der Waals surface area (Å²) in [6.07, 6.45) is 0.248. The largest absolute Gasteiger partial charge is 0.347 e. The fraction of sp³-hybridized carbons (Fsp3) is 0.316. The summed E-state index contributed by atoms with van der Waals surface area (Å²) >= 11 is 0. The summed E-state index contributed by atoms with van der Waals surface area (Å²) in [6, 6.07) is 11.9. The minimum Gasteiger partial charge on any atom is -0.347 e. The quantitative estimate of drug-likeness (QED) is 0.812. The zero-order valence-corrected chi connectivity index (χ0v) is 15.9. The molecule has 0 bridgehead atoms. The SMILES string of the molecule is CC(C)(C)NC(=O)c1ccc(S(=O)(=O)NCCc2ccccc2F)cc1. The monoisotopic (exact) mass is 378 g/mol. The van der Waals surface area contributed by atoms with Crippen molar-refractivity contribution in [3.8, 4) is 0 Å². The Hall–Kier alpha value is -2.25. The zero-order chi connectivity index (χ0) is 19.4. The molecular weight excluding hydrogens is 355 g/mol. The average Bonchev–Trinajstić information content (AvgIpc) is 2.55. The van der Waals surface area contributed by atoms with Crippen LogP contribution in [0.4, 0.5) is 4.39 Å². The fourth-order valence-corrected chi connectivity index (χ4v) is 3.33. The van der Waals surface area contributed by atoms with Gasteiger partial charge in [-0.2, -0.15) is 0 Å². The summed E-state index contributed by atoms with van der Waals surface area (Å²) in [5.41, 5.74) is 0.449. The average molecular weight is 378 g/mol. The van der Waals surface area contributed by atoms with Crippen molar-refractivity contribution >= 4 is 15.9 Å². The number of hydrogen-bond donors (Lipinski definition) is 2. The van der Waals surface area contributed by atoms with Gasteiger partial charge in [-0.1, -0.05) is 18.2 Å². The van der Waals surface area contributed by atoms with Crippen molar-refractivity contribution in [3.63, 3.8) is 0 Å². The first-order valence-electron chi connectivity index (χ1n) is 8.24. The normalized spacial score (nSPS) is 12.0. The Balaban J connectivity index is 2.00. The van der Waals surface area contributed by atoms with Gasteiger partial charge in [0.2, 0.25) is 10.0 Å². The second-order valence-electron chi connectivity index (χ2n) is 6.97. The highest BCUT2D eigenvalue weighted by Crippen LogP contribution is 2.12. The van der Waals surface area contributed by atoms with E-state index in [1.54, 1.807) is 18.2 Å². The van der Waals surface area contributed by atoms with Crippen LogP contribution in [0, 0.1) is 5.82 Å². The molecule has 1 amide bonds. The number of carbonyl (C=O) groups is 1. The highest BCUT2D eigenvalue weighted by Gasteiger charge is 2.17. The van der Waals surface area contributed by atoms with Crippen LogP contribution in [0.2, 0.25) is 0 Å². The molecule has 0 aromatic heterocycles. The summed E-state index contributed by atoms with van der Waals surface area (Å²) in [7, 11) is -3.73. The molecule has 0 radical (unpaired) electrons. The van der Waals surface area contributed by atoms with Gasteiger partial charge in [-0.3, -0.25) is 4.79 Å². The molecule has 0 fully saturated rings. The van der Waals surface area contributed by atoms with E-state index in [9.17, 15) is 17.6 Å². The van der Waals surface area contributed by atoms with Gasteiger partial charge in [0.05, 0.1) is 4.90 Å². The third-order valence-corrected chi connectivity index (χ3v) is 5.04. The molecule has 0 aliphatic rings. The van der Waals surface area contributed by atoms with E-state index in [0.29, 0.717) is 11.1 Å². The van der Waals surface area contributed by atoms with E-state index in [1.165, 1.54) is 30.3 Å². The van der Waals surface area contributed by atoms with Gasteiger partial charge in [0.15, 0.2) is 0 Å². The molecule has 0 unspecified atom stereocenters. The Labute approximate surface area is 153 Å². The smallest absolute Gasteiger partial charge is 0.251 e. The van der Waals surface area contributed by atoms with Crippen LogP contribution in [0.1, 0.15) is 36.7 Å².